The van der Waals surface area contributed by atoms with Gasteiger partial charge in [0, 0.05) is 0 Å². The third kappa shape index (κ3) is 1.93. The Labute approximate surface area is 68.3 Å². The normalized spacial score (nSPS) is 14.0. The van der Waals surface area contributed by atoms with Crippen LogP contribution in [-0.4, -0.2) is 30.1 Å². The predicted molar refractivity (Wildman–Crippen MR) is 45.2 cm³/mol. The average molecular weight is 180 g/mol. The summed E-state index contributed by atoms with van der Waals surface area (Å²) in [6.07, 6.45) is 0. The summed E-state index contributed by atoms with van der Waals surface area (Å²) in [7, 11) is -3.18. The third-order valence-corrected chi connectivity index (χ3v) is 4.68. The van der Waals surface area contributed by atoms with Crippen molar-refractivity contribution in [2.75, 3.05) is 6.61 Å². The van der Waals surface area contributed by atoms with Crippen molar-refractivity contribution >= 4 is 9.84 Å². The minimum atomic E-state index is -3.18. The largest absolute Gasteiger partial charge is 0.395 e. The maximum absolute atomic E-state index is 11.4. The van der Waals surface area contributed by atoms with Crippen LogP contribution in [0.1, 0.15) is 27.7 Å². The van der Waals surface area contributed by atoms with Gasteiger partial charge in [-0.2, -0.15) is 0 Å². The summed E-state index contributed by atoms with van der Waals surface area (Å²) >= 11 is 0. The molecule has 0 radical (unpaired) electrons. The van der Waals surface area contributed by atoms with E-state index in [0.29, 0.717) is 0 Å². The van der Waals surface area contributed by atoms with Crippen LogP contribution in [0.3, 0.4) is 0 Å². The number of sulfone groups is 1. The van der Waals surface area contributed by atoms with Gasteiger partial charge in [-0.1, -0.05) is 0 Å². The van der Waals surface area contributed by atoms with Gasteiger partial charge >= 0.3 is 0 Å². The van der Waals surface area contributed by atoms with Crippen molar-refractivity contribution in [1.82, 2.24) is 0 Å². The molecule has 1 N–H and O–H groups in total. The molecule has 0 bridgehead atoms. The number of hydrogen-bond donors (Lipinski definition) is 1. The van der Waals surface area contributed by atoms with Gasteiger partial charge in [0.05, 0.1) is 16.6 Å². The molecule has 0 saturated carbocycles. The van der Waals surface area contributed by atoms with Gasteiger partial charge in [-0.3, -0.25) is 0 Å². The molecule has 0 aliphatic rings. The molecule has 0 saturated heterocycles. The molecule has 0 spiro atoms. The lowest BCUT2D eigenvalue weighted by Gasteiger charge is -2.24. The topological polar surface area (TPSA) is 54.4 Å². The van der Waals surface area contributed by atoms with E-state index in [2.05, 4.69) is 0 Å². The summed E-state index contributed by atoms with van der Waals surface area (Å²) in [6.45, 7) is 5.97. The molecule has 0 aliphatic carbocycles. The molecule has 0 aromatic carbocycles. The molecule has 0 amide bonds. The van der Waals surface area contributed by atoms with Crippen molar-refractivity contribution in [1.29, 1.82) is 0 Å². The summed E-state index contributed by atoms with van der Waals surface area (Å²) < 4.78 is 21.8. The average Bonchev–Trinajstić information content (AvgIpc) is 1.87. The Morgan fingerprint density at radius 3 is 1.82 bits per heavy atom. The molecule has 0 unspecified atom stereocenters. The first kappa shape index (κ1) is 10.9. The molecule has 11 heavy (non-hydrogen) atoms. The predicted octanol–water partition coefficient (Wildman–Crippen LogP) is 0.581. The zero-order chi connectivity index (χ0) is 9.28. The lowest BCUT2D eigenvalue weighted by Crippen LogP contribution is -2.40. The van der Waals surface area contributed by atoms with Gasteiger partial charge in [-0.05, 0) is 27.7 Å². The fraction of sp³-hybridized carbons (Fsp3) is 1.00. The van der Waals surface area contributed by atoms with E-state index in [4.69, 9.17) is 5.11 Å². The molecule has 0 aliphatic heterocycles. The zero-order valence-corrected chi connectivity index (χ0v) is 8.27. The van der Waals surface area contributed by atoms with Gasteiger partial charge in [0.1, 0.15) is 0 Å². The van der Waals surface area contributed by atoms with Gasteiger partial charge in [0.25, 0.3) is 0 Å². The quantitative estimate of drug-likeness (QED) is 0.691. The van der Waals surface area contributed by atoms with Crippen molar-refractivity contribution in [2.45, 2.75) is 37.7 Å². The van der Waals surface area contributed by atoms with Crippen LogP contribution in [0.5, 0.6) is 0 Å². The molecule has 0 fully saturated rings. The van der Waals surface area contributed by atoms with Crippen LogP contribution in [-0.2, 0) is 9.84 Å². The molecule has 3 nitrogen and oxygen atoms in total. The lowest BCUT2D eigenvalue weighted by atomic mass is 10.2. The first-order chi connectivity index (χ1) is 4.75. The van der Waals surface area contributed by atoms with Gasteiger partial charge in [-0.25, -0.2) is 8.42 Å². The van der Waals surface area contributed by atoms with Gasteiger partial charge < -0.3 is 5.11 Å². The first-order valence-electron chi connectivity index (χ1n) is 3.60. The fourth-order valence-corrected chi connectivity index (χ4v) is 2.18. The molecule has 0 atom stereocenters. The third-order valence-electron chi connectivity index (χ3n) is 1.77. The van der Waals surface area contributed by atoms with Crippen LogP contribution in [0.4, 0.5) is 0 Å². The highest BCUT2D eigenvalue weighted by molar-refractivity contribution is 7.93. The maximum Gasteiger partial charge on any atom is 0.160 e. The fourth-order valence-electron chi connectivity index (χ4n) is 0.728. The number of aliphatic hydroxyl groups excluding tert-OH is 1. The van der Waals surface area contributed by atoms with Crippen LogP contribution >= 0.6 is 0 Å². The summed E-state index contributed by atoms with van der Waals surface area (Å²) in [5, 5.41) is 8.37. The molecule has 4 heteroatoms. The van der Waals surface area contributed by atoms with E-state index in [1.54, 1.807) is 13.8 Å². The SMILES string of the molecule is CC(C)S(=O)(=O)C(C)(C)CO. The second-order valence-electron chi connectivity index (χ2n) is 3.51. The maximum atomic E-state index is 11.4. The van der Waals surface area contributed by atoms with Crippen LogP contribution in [0.25, 0.3) is 0 Å². The van der Waals surface area contributed by atoms with E-state index in [0.717, 1.165) is 0 Å². The Bertz CT molecular complexity index is 214. The Morgan fingerprint density at radius 1 is 1.36 bits per heavy atom. The van der Waals surface area contributed by atoms with Crippen molar-refractivity contribution in [2.24, 2.45) is 0 Å². The highest BCUT2D eigenvalue weighted by Gasteiger charge is 2.35. The van der Waals surface area contributed by atoms with Crippen LogP contribution < -0.4 is 0 Å². The second-order valence-corrected chi connectivity index (χ2v) is 6.65. The zero-order valence-electron chi connectivity index (χ0n) is 7.46. The smallest absolute Gasteiger partial charge is 0.160 e. The van der Waals surface area contributed by atoms with Gasteiger partial charge in [0.2, 0.25) is 0 Å². The van der Waals surface area contributed by atoms with E-state index in [1.165, 1.54) is 13.8 Å². The van der Waals surface area contributed by atoms with Crippen LogP contribution in [0.15, 0.2) is 0 Å². The Morgan fingerprint density at radius 2 is 1.73 bits per heavy atom. The lowest BCUT2D eigenvalue weighted by molar-refractivity contribution is 0.257. The summed E-state index contributed by atoms with van der Waals surface area (Å²) in [4.78, 5) is 0. The van der Waals surface area contributed by atoms with Crippen molar-refractivity contribution in [3.8, 4) is 0 Å². The molecule has 0 aromatic heterocycles. The van der Waals surface area contributed by atoms with E-state index in [1.807, 2.05) is 0 Å². The molecular formula is C7H16O3S. The molecular weight excluding hydrogens is 164 g/mol. The summed E-state index contributed by atoms with van der Waals surface area (Å²) in [5.41, 5.74) is 0. The number of aliphatic hydroxyl groups is 1. The Hall–Kier alpha value is -0.0900. The van der Waals surface area contributed by atoms with Crippen molar-refractivity contribution in [3.05, 3.63) is 0 Å². The molecule has 0 rings (SSSR count). The van der Waals surface area contributed by atoms with E-state index >= 15 is 0 Å². The molecule has 0 aromatic rings. The second kappa shape index (κ2) is 3.11. The highest BCUT2D eigenvalue weighted by atomic mass is 32.2. The minimum Gasteiger partial charge on any atom is -0.395 e. The van der Waals surface area contributed by atoms with Crippen molar-refractivity contribution < 1.29 is 13.5 Å². The Kier molecular flexibility index (Phi) is 3.08. The molecule has 68 valence electrons. The standard InChI is InChI=1S/C7H16O3S/c1-6(2)11(9,10)7(3,4)5-8/h6,8H,5H2,1-4H3. The van der Waals surface area contributed by atoms with Crippen LogP contribution in [0.2, 0.25) is 0 Å². The van der Waals surface area contributed by atoms with Crippen LogP contribution in [0, 0.1) is 0 Å². The number of rotatable bonds is 3. The summed E-state index contributed by atoms with van der Waals surface area (Å²) in [5.74, 6) is 0. The summed E-state index contributed by atoms with van der Waals surface area (Å²) in [6, 6.07) is 0. The number of hydrogen-bond acceptors (Lipinski definition) is 3. The highest BCUT2D eigenvalue weighted by Crippen LogP contribution is 2.20. The van der Waals surface area contributed by atoms with Gasteiger partial charge in [0.15, 0.2) is 9.84 Å². The van der Waals surface area contributed by atoms with Gasteiger partial charge in [-0.15, -0.1) is 0 Å². The van der Waals surface area contributed by atoms with Crippen molar-refractivity contribution in [3.63, 3.8) is 0 Å². The Balaban J connectivity index is 4.85. The first-order valence-corrected chi connectivity index (χ1v) is 5.14. The minimum absolute atomic E-state index is 0.326. The van der Waals surface area contributed by atoms with E-state index < -0.39 is 19.8 Å². The monoisotopic (exact) mass is 180 g/mol. The van der Waals surface area contributed by atoms with E-state index in [-0.39, 0.29) is 6.61 Å². The van der Waals surface area contributed by atoms with E-state index in [9.17, 15) is 8.42 Å². The molecule has 0 heterocycles.